The van der Waals surface area contributed by atoms with E-state index in [1.54, 1.807) is 13.8 Å². The van der Waals surface area contributed by atoms with E-state index >= 15 is 0 Å². The van der Waals surface area contributed by atoms with Crippen molar-refractivity contribution in [1.82, 2.24) is 10.3 Å². The zero-order valence-corrected chi connectivity index (χ0v) is 16.4. The Morgan fingerprint density at radius 3 is 2.48 bits per heavy atom. The number of sulfonamides is 1. The maximum atomic E-state index is 13.0. The zero-order chi connectivity index (χ0) is 21.0. The molecule has 2 aromatic carbocycles. The number of nitrogens with zero attached hydrogens (tertiary/aromatic N) is 2. The summed E-state index contributed by atoms with van der Waals surface area (Å²) in [5, 5.41) is 7.23. The Morgan fingerprint density at radius 2 is 1.76 bits per heavy atom. The minimum atomic E-state index is -4.21. The highest BCUT2D eigenvalue weighted by molar-refractivity contribution is 7.93. The minimum absolute atomic E-state index is 0.0271. The largest absolute Gasteiger partial charge is 0.462 e. The molecule has 0 unspecified atom stereocenters. The first-order valence-electron chi connectivity index (χ1n) is 8.59. The lowest BCUT2D eigenvalue weighted by molar-refractivity contribution is 0.0512. The van der Waals surface area contributed by atoms with Crippen molar-refractivity contribution in [1.29, 1.82) is 0 Å². The monoisotopic (exact) mass is 419 g/mol. The number of rotatable bonds is 7. The molecule has 0 radical (unpaired) electrons. The van der Waals surface area contributed by atoms with Crippen LogP contribution >= 0.6 is 0 Å². The minimum Gasteiger partial charge on any atom is -0.462 e. The second-order valence-electron chi connectivity index (χ2n) is 5.69. The van der Waals surface area contributed by atoms with Crippen molar-refractivity contribution in [3.8, 4) is 0 Å². The quantitative estimate of drug-likeness (QED) is 0.572. The van der Waals surface area contributed by atoms with Gasteiger partial charge >= 0.3 is 11.9 Å². The molecule has 0 aliphatic carbocycles. The van der Waals surface area contributed by atoms with Crippen LogP contribution in [0.5, 0.6) is 0 Å². The van der Waals surface area contributed by atoms with Gasteiger partial charge in [-0.1, -0.05) is 6.07 Å². The van der Waals surface area contributed by atoms with Crippen molar-refractivity contribution in [3.05, 3.63) is 47.5 Å². The first-order valence-corrected chi connectivity index (χ1v) is 10.1. The number of carbonyl (C=O) groups excluding carboxylic acids is 2. The molecule has 0 spiro atoms. The maximum absolute atomic E-state index is 13.0. The molecule has 11 heteroatoms. The van der Waals surface area contributed by atoms with Gasteiger partial charge in [-0.2, -0.15) is 0 Å². The van der Waals surface area contributed by atoms with Gasteiger partial charge in [-0.25, -0.2) is 22.6 Å². The van der Waals surface area contributed by atoms with Gasteiger partial charge in [0, 0.05) is 0 Å². The summed E-state index contributed by atoms with van der Waals surface area (Å²) < 4.78 is 42.7. The molecule has 29 heavy (non-hydrogen) atoms. The highest BCUT2D eigenvalue weighted by Gasteiger charge is 2.24. The second-order valence-corrected chi connectivity index (χ2v) is 7.35. The second kappa shape index (κ2) is 8.27. The third kappa shape index (κ3) is 4.19. The molecule has 10 nitrogen and oxygen atoms in total. The smallest absolute Gasteiger partial charge is 0.340 e. The Kier molecular flexibility index (Phi) is 5.78. The molecule has 1 aromatic heterocycles. The van der Waals surface area contributed by atoms with E-state index in [2.05, 4.69) is 19.7 Å². The van der Waals surface area contributed by atoms with Gasteiger partial charge in [0.2, 0.25) is 0 Å². The lowest BCUT2D eigenvalue weighted by Crippen LogP contribution is -2.18. The lowest BCUT2D eigenvalue weighted by atomic mass is 10.1. The van der Waals surface area contributed by atoms with E-state index in [4.69, 9.17) is 9.47 Å². The topological polar surface area (TPSA) is 138 Å². The van der Waals surface area contributed by atoms with Gasteiger partial charge in [-0.3, -0.25) is 4.72 Å². The summed E-state index contributed by atoms with van der Waals surface area (Å²) in [6, 6.07) is 8.18. The standard InChI is InChI=1S/C18H17N3O7S/c1-3-26-17(22)11-8-9-12(18(23)27-4-2)14(10-11)21-29(24,25)15-7-5-6-13-16(15)20-28-19-13/h5-10,21H,3-4H2,1-2H3. The van der Waals surface area contributed by atoms with Gasteiger partial charge in [0.15, 0.2) is 5.52 Å². The lowest BCUT2D eigenvalue weighted by Gasteiger charge is -2.13. The summed E-state index contributed by atoms with van der Waals surface area (Å²) in [6.07, 6.45) is 0. The van der Waals surface area contributed by atoms with Gasteiger partial charge in [-0.15, -0.1) is 0 Å². The normalized spacial score (nSPS) is 11.2. The summed E-state index contributed by atoms with van der Waals surface area (Å²) in [5.74, 6) is -1.41. The van der Waals surface area contributed by atoms with Crippen LogP contribution in [0.15, 0.2) is 45.9 Å². The molecule has 0 aliphatic heterocycles. The fraction of sp³-hybridized carbons (Fsp3) is 0.222. The van der Waals surface area contributed by atoms with E-state index in [1.807, 2.05) is 0 Å². The SMILES string of the molecule is CCOC(=O)c1ccc(C(=O)OCC)c(NS(=O)(=O)c2cccc3nonc23)c1. The molecule has 0 fully saturated rings. The third-order valence-corrected chi connectivity index (χ3v) is 5.21. The van der Waals surface area contributed by atoms with Gasteiger partial charge in [0.05, 0.1) is 30.0 Å². The number of hydrogen-bond acceptors (Lipinski definition) is 9. The third-order valence-electron chi connectivity index (χ3n) is 3.81. The fourth-order valence-corrected chi connectivity index (χ4v) is 3.78. The van der Waals surface area contributed by atoms with Crippen molar-refractivity contribution in [2.45, 2.75) is 18.7 Å². The van der Waals surface area contributed by atoms with Gasteiger partial charge in [0.1, 0.15) is 10.4 Å². The van der Waals surface area contributed by atoms with E-state index in [0.717, 1.165) is 0 Å². The Bertz CT molecular complexity index is 1170. The Hall–Kier alpha value is -3.47. The maximum Gasteiger partial charge on any atom is 0.340 e. The molecule has 0 saturated carbocycles. The molecule has 0 saturated heterocycles. The molecular formula is C18H17N3O7S. The average molecular weight is 419 g/mol. The number of fused-ring (bicyclic) bond motifs is 1. The number of ether oxygens (including phenoxy) is 2. The average Bonchev–Trinajstić information content (AvgIpc) is 3.16. The molecule has 1 N–H and O–H groups in total. The van der Waals surface area contributed by atoms with E-state index in [1.165, 1.54) is 36.4 Å². The summed E-state index contributed by atoms with van der Waals surface area (Å²) >= 11 is 0. The van der Waals surface area contributed by atoms with Crippen LogP contribution in [0.25, 0.3) is 11.0 Å². The van der Waals surface area contributed by atoms with Gasteiger partial charge in [0.25, 0.3) is 10.0 Å². The van der Waals surface area contributed by atoms with Crippen LogP contribution in [-0.4, -0.2) is 43.9 Å². The van der Waals surface area contributed by atoms with Crippen molar-refractivity contribution < 1.29 is 32.1 Å². The van der Waals surface area contributed by atoms with Crippen LogP contribution in [-0.2, 0) is 19.5 Å². The van der Waals surface area contributed by atoms with E-state index in [-0.39, 0.29) is 46.0 Å². The number of carbonyl (C=O) groups is 2. The highest BCUT2D eigenvalue weighted by Crippen LogP contribution is 2.26. The molecule has 0 atom stereocenters. The first kappa shape index (κ1) is 20.3. The summed E-state index contributed by atoms with van der Waals surface area (Å²) in [6.45, 7) is 3.49. The number of benzene rings is 2. The van der Waals surface area contributed by atoms with Crippen LogP contribution < -0.4 is 4.72 Å². The number of anilines is 1. The van der Waals surface area contributed by atoms with E-state index in [0.29, 0.717) is 0 Å². The number of aromatic nitrogens is 2. The van der Waals surface area contributed by atoms with Gasteiger partial charge < -0.3 is 9.47 Å². The van der Waals surface area contributed by atoms with Crippen LogP contribution in [0.2, 0.25) is 0 Å². The Labute approximate surface area is 165 Å². The Morgan fingerprint density at radius 1 is 1.03 bits per heavy atom. The number of esters is 2. The van der Waals surface area contributed by atoms with Crippen LogP contribution in [0.1, 0.15) is 34.6 Å². The first-order chi connectivity index (χ1) is 13.9. The van der Waals surface area contributed by atoms with Crippen molar-refractivity contribution >= 4 is 38.7 Å². The van der Waals surface area contributed by atoms with E-state index in [9.17, 15) is 18.0 Å². The number of nitrogens with one attached hydrogen (secondary N) is 1. The predicted octanol–water partition coefficient (Wildman–Crippen LogP) is 2.38. The molecule has 1 heterocycles. The Balaban J connectivity index is 2.07. The molecule has 0 bridgehead atoms. The summed E-state index contributed by atoms with van der Waals surface area (Å²) in [5.41, 5.74) is 0.147. The molecule has 3 rings (SSSR count). The molecule has 0 aliphatic rings. The van der Waals surface area contributed by atoms with Crippen molar-refractivity contribution in [2.24, 2.45) is 0 Å². The highest BCUT2D eigenvalue weighted by atomic mass is 32.2. The van der Waals surface area contributed by atoms with E-state index < -0.39 is 22.0 Å². The van der Waals surface area contributed by atoms with Crippen LogP contribution in [0.3, 0.4) is 0 Å². The van der Waals surface area contributed by atoms with Crippen LogP contribution in [0, 0.1) is 0 Å². The van der Waals surface area contributed by atoms with Gasteiger partial charge in [-0.05, 0) is 54.5 Å². The van der Waals surface area contributed by atoms with Crippen LogP contribution in [0.4, 0.5) is 5.69 Å². The predicted molar refractivity (Wildman–Crippen MR) is 101 cm³/mol. The summed E-state index contributed by atoms with van der Waals surface area (Å²) in [7, 11) is -4.21. The molecule has 3 aromatic rings. The molecule has 152 valence electrons. The zero-order valence-electron chi connectivity index (χ0n) is 15.5. The number of hydrogen-bond donors (Lipinski definition) is 1. The molecular weight excluding hydrogens is 402 g/mol. The molecule has 0 amide bonds. The van der Waals surface area contributed by atoms with Crippen molar-refractivity contribution in [2.75, 3.05) is 17.9 Å². The van der Waals surface area contributed by atoms with Crippen molar-refractivity contribution in [3.63, 3.8) is 0 Å². The fourth-order valence-electron chi connectivity index (χ4n) is 2.55. The summed E-state index contributed by atoms with van der Waals surface area (Å²) in [4.78, 5) is 24.1.